The van der Waals surface area contributed by atoms with Gasteiger partial charge in [0.15, 0.2) is 5.11 Å². The van der Waals surface area contributed by atoms with Crippen LogP contribution in [0.25, 0.3) is 0 Å². The summed E-state index contributed by atoms with van der Waals surface area (Å²) in [4.78, 5) is 4.29. The first-order valence-electron chi connectivity index (χ1n) is 10.1. The fourth-order valence-electron chi connectivity index (χ4n) is 3.65. The Kier molecular flexibility index (Phi) is 7.36. The van der Waals surface area contributed by atoms with Crippen LogP contribution in [0.2, 0.25) is 0 Å². The molecule has 30 heavy (non-hydrogen) atoms. The van der Waals surface area contributed by atoms with Gasteiger partial charge in [-0.05, 0) is 50.2 Å². The van der Waals surface area contributed by atoms with Gasteiger partial charge in [-0.2, -0.15) is 18.3 Å². The van der Waals surface area contributed by atoms with Crippen molar-refractivity contribution in [2.75, 3.05) is 32.7 Å². The van der Waals surface area contributed by atoms with Crippen LogP contribution >= 0.6 is 12.2 Å². The molecule has 1 aromatic carbocycles. The Balaban J connectivity index is 1.38. The minimum Gasteiger partial charge on any atom is -0.362 e. The molecule has 2 aromatic rings. The quantitative estimate of drug-likeness (QED) is 0.550. The summed E-state index contributed by atoms with van der Waals surface area (Å²) in [6, 6.07) is 7.63. The SMILES string of the molecule is Cc1cc(C)n(CCCNC(=S)N2CCN(Cc3cccc(C(F)(F)F)c3)CC2)n1. The summed E-state index contributed by atoms with van der Waals surface area (Å²) in [7, 11) is 0. The molecule has 1 aliphatic heterocycles. The lowest BCUT2D eigenvalue weighted by Crippen LogP contribution is -2.51. The molecular formula is C21H28F3N5S. The van der Waals surface area contributed by atoms with Crippen molar-refractivity contribution in [1.29, 1.82) is 0 Å². The fraction of sp³-hybridized carbons (Fsp3) is 0.524. The van der Waals surface area contributed by atoms with Gasteiger partial charge in [0.25, 0.3) is 0 Å². The van der Waals surface area contributed by atoms with Gasteiger partial charge < -0.3 is 10.2 Å². The summed E-state index contributed by atoms with van der Waals surface area (Å²) in [6.07, 6.45) is -3.38. The summed E-state index contributed by atoms with van der Waals surface area (Å²) < 4.78 is 40.7. The van der Waals surface area contributed by atoms with Crippen molar-refractivity contribution in [3.05, 3.63) is 52.8 Å². The average molecular weight is 440 g/mol. The number of nitrogens with one attached hydrogen (secondary N) is 1. The highest BCUT2D eigenvalue weighted by atomic mass is 32.1. The number of alkyl halides is 3. The van der Waals surface area contributed by atoms with Crippen molar-refractivity contribution in [1.82, 2.24) is 24.9 Å². The van der Waals surface area contributed by atoms with E-state index < -0.39 is 11.7 Å². The molecule has 1 N–H and O–H groups in total. The smallest absolute Gasteiger partial charge is 0.362 e. The van der Waals surface area contributed by atoms with Crippen molar-refractivity contribution in [3.63, 3.8) is 0 Å². The number of nitrogens with zero attached hydrogens (tertiary/aromatic N) is 4. The van der Waals surface area contributed by atoms with Crippen LogP contribution in [0.3, 0.4) is 0 Å². The number of hydrogen-bond acceptors (Lipinski definition) is 3. The van der Waals surface area contributed by atoms with E-state index in [-0.39, 0.29) is 0 Å². The molecular weight excluding hydrogens is 411 g/mol. The number of aryl methyl sites for hydroxylation is 3. The van der Waals surface area contributed by atoms with Gasteiger partial charge in [0, 0.05) is 51.5 Å². The van der Waals surface area contributed by atoms with E-state index in [1.807, 2.05) is 11.6 Å². The fourth-order valence-corrected chi connectivity index (χ4v) is 3.94. The molecule has 9 heteroatoms. The zero-order valence-corrected chi connectivity index (χ0v) is 18.2. The topological polar surface area (TPSA) is 36.3 Å². The van der Waals surface area contributed by atoms with E-state index >= 15 is 0 Å². The molecule has 0 saturated carbocycles. The molecule has 164 valence electrons. The van der Waals surface area contributed by atoms with Crippen molar-refractivity contribution < 1.29 is 13.2 Å². The number of hydrogen-bond donors (Lipinski definition) is 1. The monoisotopic (exact) mass is 439 g/mol. The lowest BCUT2D eigenvalue weighted by molar-refractivity contribution is -0.137. The van der Waals surface area contributed by atoms with Crippen molar-refractivity contribution in [2.24, 2.45) is 0 Å². The maximum absolute atomic E-state index is 12.9. The molecule has 1 aromatic heterocycles. The summed E-state index contributed by atoms with van der Waals surface area (Å²) in [5.41, 5.74) is 2.28. The maximum Gasteiger partial charge on any atom is 0.416 e. The van der Waals surface area contributed by atoms with E-state index in [9.17, 15) is 13.2 Å². The highest BCUT2D eigenvalue weighted by Crippen LogP contribution is 2.29. The molecule has 0 amide bonds. The Hall–Kier alpha value is -2.13. The Morgan fingerprint density at radius 3 is 2.50 bits per heavy atom. The number of rotatable bonds is 6. The highest BCUT2D eigenvalue weighted by Gasteiger charge is 2.30. The minimum atomic E-state index is -4.30. The zero-order valence-electron chi connectivity index (χ0n) is 17.4. The van der Waals surface area contributed by atoms with Crippen LogP contribution in [-0.4, -0.2) is 57.4 Å². The molecule has 0 spiro atoms. The van der Waals surface area contributed by atoms with Gasteiger partial charge in [-0.1, -0.05) is 18.2 Å². The number of benzene rings is 1. The molecule has 3 rings (SSSR count). The Bertz CT molecular complexity index is 857. The van der Waals surface area contributed by atoms with Crippen LogP contribution in [-0.2, 0) is 19.3 Å². The number of piperazine rings is 1. The zero-order chi connectivity index (χ0) is 21.7. The molecule has 2 heterocycles. The first-order valence-corrected chi connectivity index (χ1v) is 10.6. The van der Waals surface area contributed by atoms with Crippen LogP contribution in [0, 0.1) is 13.8 Å². The molecule has 1 fully saturated rings. The predicted octanol–water partition coefficient (Wildman–Crippen LogP) is 3.60. The largest absolute Gasteiger partial charge is 0.416 e. The van der Waals surface area contributed by atoms with E-state index in [4.69, 9.17) is 12.2 Å². The Morgan fingerprint density at radius 2 is 1.87 bits per heavy atom. The summed E-state index contributed by atoms with van der Waals surface area (Å²) >= 11 is 5.51. The van der Waals surface area contributed by atoms with E-state index in [1.165, 1.54) is 12.1 Å². The van der Waals surface area contributed by atoms with E-state index in [1.54, 1.807) is 6.07 Å². The van der Waals surface area contributed by atoms with E-state index in [2.05, 4.69) is 33.2 Å². The van der Waals surface area contributed by atoms with Gasteiger partial charge in [-0.3, -0.25) is 9.58 Å². The number of aromatic nitrogens is 2. The molecule has 0 bridgehead atoms. The normalized spacial score (nSPS) is 15.4. The van der Waals surface area contributed by atoms with Gasteiger partial charge in [0.2, 0.25) is 0 Å². The van der Waals surface area contributed by atoms with Crippen molar-refractivity contribution >= 4 is 17.3 Å². The first kappa shape index (κ1) is 22.6. The van der Waals surface area contributed by atoms with Gasteiger partial charge in [0.1, 0.15) is 0 Å². The molecule has 0 radical (unpaired) electrons. The molecule has 1 aliphatic rings. The summed E-state index contributed by atoms with van der Waals surface area (Å²) in [6.45, 7) is 9.25. The Morgan fingerprint density at radius 1 is 1.13 bits per heavy atom. The van der Waals surface area contributed by atoms with E-state index in [0.717, 1.165) is 68.3 Å². The molecule has 0 unspecified atom stereocenters. The van der Waals surface area contributed by atoms with Crippen LogP contribution < -0.4 is 5.32 Å². The van der Waals surface area contributed by atoms with E-state index in [0.29, 0.717) is 12.1 Å². The minimum absolute atomic E-state index is 0.514. The van der Waals surface area contributed by atoms with Crippen LogP contribution in [0.5, 0.6) is 0 Å². The third-order valence-corrected chi connectivity index (χ3v) is 5.65. The highest BCUT2D eigenvalue weighted by molar-refractivity contribution is 7.80. The van der Waals surface area contributed by atoms with Crippen molar-refractivity contribution in [2.45, 2.75) is 39.5 Å². The molecule has 0 atom stereocenters. The summed E-state index contributed by atoms with van der Waals surface area (Å²) in [5.74, 6) is 0. The molecule has 5 nitrogen and oxygen atoms in total. The third-order valence-electron chi connectivity index (χ3n) is 5.25. The van der Waals surface area contributed by atoms with Crippen molar-refractivity contribution in [3.8, 4) is 0 Å². The first-order chi connectivity index (χ1) is 14.2. The second kappa shape index (κ2) is 9.78. The van der Waals surface area contributed by atoms with Gasteiger partial charge >= 0.3 is 6.18 Å². The summed E-state index contributed by atoms with van der Waals surface area (Å²) in [5, 5.41) is 8.50. The lowest BCUT2D eigenvalue weighted by Gasteiger charge is -2.36. The van der Waals surface area contributed by atoms with Gasteiger partial charge in [0.05, 0.1) is 11.3 Å². The lowest BCUT2D eigenvalue weighted by atomic mass is 10.1. The second-order valence-corrected chi connectivity index (χ2v) is 8.08. The predicted molar refractivity (Wildman–Crippen MR) is 115 cm³/mol. The maximum atomic E-state index is 12.9. The van der Waals surface area contributed by atoms with Gasteiger partial charge in [-0.15, -0.1) is 0 Å². The third kappa shape index (κ3) is 6.18. The molecule has 0 aliphatic carbocycles. The Labute approximate surface area is 180 Å². The van der Waals surface area contributed by atoms with Crippen LogP contribution in [0.1, 0.15) is 28.9 Å². The number of halogens is 3. The number of thiocarbonyl (C=S) groups is 1. The van der Waals surface area contributed by atoms with Gasteiger partial charge in [-0.25, -0.2) is 0 Å². The average Bonchev–Trinajstić information content (AvgIpc) is 3.02. The standard InChI is InChI=1S/C21H28F3N5S/c1-16-13-17(2)29(26-16)8-4-7-25-20(30)28-11-9-27(10-12-28)15-18-5-3-6-19(14-18)21(22,23)24/h3,5-6,13-14H,4,7-12,15H2,1-2H3,(H,25,30). The second-order valence-electron chi connectivity index (χ2n) is 7.70. The molecule has 1 saturated heterocycles. The van der Waals surface area contributed by atoms with Crippen LogP contribution in [0.4, 0.5) is 13.2 Å². The van der Waals surface area contributed by atoms with Crippen LogP contribution in [0.15, 0.2) is 30.3 Å².